The van der Waals surface area contributed by atoms with Crippen molar-refractivity contribution in [3.05, 3.63) is 33.5 Å². The van der Waals surface area contributed by atoms with Crippen LogP contribution in [0.25, 0.3) is 10.9 Å². The third kappa shape index (κ3) is 1.54. The highest BCUT2D eigenvalue weighted by atomic mass is 16.6. The van der Waals surface area contributed by atoms with E-state index in [1.165, 1.54) is 18.7 Å². The summed E-state index contributed by atoms with van der Waals surface area (Å²) in [6.07, 6.45) is 4.25. The van der Waals surface area contributed by atoms with Crippen LogP contribution in [0.15, 0.2) is 12.1 Å². The predicted octanol–water partition coefficient (Wildman–Crippen LogP) is 2.96. The second kappa shape index (κ2) is 4.01. The molecule has 1 heterocycles. The number of rotatable bonds is 2. The van der Waals surface area contributed by atoms with Crippen LogP contribution in [0.1, 0.15) is 24.1 Å². The minimum absolute atomic E-state index is 0.0961. The molecule has 0 aliphatic heterocycles. The number of aromatic nitrogens is 1. The molecule has 0 saturated carbocycles. The van der Waals surface area contributed by atoms with E-state index in [0.29, 0.717) is 11.3 Å². The van der Waals surface area contributed by atoms with E-state index in [1.807, 2.05) is 6.07 Å². The summed E-state index contributed by atoms with van der Waals surface area (Å²) in [6, 6.07) is 3.37. The van der Waals surface area contributed by atoms with Gasteiger partial charge in [-0.2, -0.15) is 0 Å². The molecule has 3 rings (SSSR count). The third-order valence-corrected chi connectivity index (χ3v) is 3.59. The zero-order chi connectivity index (χ0) is 12.7. The molecular formula is C13H14N2O3. The van der Waals surface area contributed by atoms with Gasteiger partial charge in [0.2, 0.25) is 0 Å². The highest BCUT2D eigenvalue weighted by Crippen LogP contribution is 2.36. The van der Waals surface area contributed by atoms with E-state index in [1.54, 1.807) is 0 Å². The van der Waals surface area contributed by atoms with Gasteiger partial charge in [-0.15, -0.1) is 0 Å². The van der Waals surface area contributed by atoms with E-state index in [9.17, 15) is 10.1 Å². The van der Waals surface area contributed by atoms with E-state index < -0.39 is 0 Å². The lowest BCUT2D eigenvalue weighted by molar-refractivity contribution is -0.383. The highest BCUT2D eigenvalue weighted by Gasteiger charge is 2.22. The topological polar surface area (TPSA) is 68.2 Å². The largest absolute Gasteiger partial charge is 0.496 e. The maximum atomic E-state index is 11.1. The minimum Gasteiger partial charge on any atom is -0.496 e. The lowest BCUT2D eigenvalue weighted by Gasteiger charge is -2.10. The van der Waals surface area contributed by atoms with Gasteiger partial charge in [-0.3, -0.25) is 10.1 Å². The lowest BCUT2D eigenvalue weighted by Crippen LogP contribution is -1.99. The van der Waals surface area contributed by atoms with Gasteiger partial charge in [0, 0.05) is 11.1 Å². The van der Waals surface area contributed by atoms with Crippen molar-refractivity contribution in [2.75, 3.05) is 7.11 Å². The number of H-pyrrole nitrogens is 1. The molecule has 0 radical (unpaired) electrons. The average Bonchev–Trinajstić information content (AvgIpc) is 2.75. The number of fused-ring (bicyclic) bond motifs is 3. The van der Waals surface area contributed by atoms with E-state index in [2.05, 4.69) is 4.98 Å². The molecular weight excluding hydrogens is 232 g/mol. The molecule has 18 heavy (non-hydrogen) atoms. The zero-order valence-corrected chi connectivity index (χ0v) is 10.2. The predicted molar refractivity (Wildman–Crippen MR) is 68.1 cm³/mol. The van der Waals surface area contributed by atoms with Crippen LogP contribution in [0.4, 0.5) is 5.69 Å². The second-order valence-corrected chi connectivity index (χ2v) is 4.62. The number of nitrogens with one attached hydrogen (secondary N) is 1. The summed E-state index contributed by atoms with van der Waals surface area (Å²) in [5, 5.41) is 12.1. The molecule has 0 fully saturated rings. The highest BCUT2D eigenvalue weighted by molar-refractivity contribution is 5.93. The van der Waals surface area contributed by atoms with E-state index in [-0.39, 0.29) is 10.6 Å². The van der Waals surface area contributed by atoms with Gasteiger partial charge in [0.1, 0.15) is 11.3 Å². The standard InChI is InChI=1S/C13H14N2O3/c1-18-8-6-10-9-4-2-3-5-11(9)14-13(10)12(7-8)15(16)17/h6-7,14H,2-5H2,1H3. The van der Waals surface area contributed by atoms with Gasteiger partial charge in [-0.05, 0) is 37.3 Å². The van der Waals surface area contributed by atoms with Crippen molar-refractivity contribution in [2.45, 2.75) is 25.7 Å². The fourth-order valence-electron chi connectivity index (χ4n) is 2.72. The molecule has 1 aliphatic carbocycles. The molecule has 0 saturated heterocycles. The summed E-state index contributed by atoms with van der Waals surface area (Å²) in [4.78, 5) is 14.0. The molecule has 0 amide bonds. The number of nitrogens with zero attached hydrogens (tertiary/aromatic N) is 1. The number of non-ortho nitro benzene ring substituents is 1. The van der Waals surface area contributed by atoms with Crippen LogP contribution >= 0.6 is 0 Å². The Morgan fingerprint density at radius 1 is 1.33 bits per heavy atom. The molecule has 1 N–H and O–H groups in total. The van der Waals surface area contributed by atoms with Gasteiger partial charge in [-0.1, -0.05) is 0 Å². The Morgan fingerprint density at radius 2 is 2.11 bits per heavy atom. The first-order valence-electron chi connectivity index (χ1n) is 6.06. The van der Waals surface area contributed by atoms with E-state index in [0.717, 1.165) is 36.8 Å². The van der Waals surface area contributed by atoms with Crippen LogP contribution in [0.3, 0.4) is 0 Å². The monoisotopic (exact) mass is 246 g/mol. The molecule has 0 spiro atoms. The SMILES string of the molecule is COc1cc([N+](=O)[O-])c2[nH]c3c(c2c1)CCCC3. The second-order valence-electron chi connectivity index (χ2n) is 4.62. The van der Waals surface area contributed by atoms with E-state index in [4.69, 9.17) is 4.74 Å². The zero-order valence-electron chi connectivity index (χ0n) is 10.2. The van der Waals surface area contributed by atoms with Crippen molar-refractivity contribution in [3.8, 4) is 5.75 Å². The van der Waals surface area contributed by atoms with Crippen molar-refractivity contribution in [1.82, 2.24) is 4.98 Å². The fourth-order valence-corrected chi connectivity index (χ4v) is 2.72. The van der Waals surface area contributed by atoms with E-state index >= 15 is 0 Å². The molecule has 1 aromatic carbocycles. The number of benzene rings is 1. The molecule has 5 heteroatoms. The van der Waals surface area contributed by atoms with Crippen molar-refractivity contribution < 1.29 is 9.66 Å². The van der Waals surface area contributed by atoms with Crippen molar-refractivity contribution >= 4 is 16.6 Å². The summed E-state index contributed by atoms with van der Waals surface area (Å²) < 4.78 is 5.16. The Balaban J connectivity index is 2.33. The summed E-state index contributed by atoms with van der Waals surface area (Å²) in [5.74, 6) is 0.543. The van der Waals surface area contributed by atoms with Gasteiger partial charge in [0.05, 0.1) is 18.1 Å². The maximum Gasteiger partial charge on any atom is 0.296 e. The molecule has 0 atom stereocenters. The summed E-state index contributed by atoms with van der Waals surface area (Å²) in [5.41, 5.74) is 3.09. The number of hydrogen-bond acceptors (Lipinski definition) is 3. The molecule has 5 nitrogen and oxygen atoms in total. The first-order valence-corrected chi connectivity index (χ1v) is 6.06. The van der Waals surface area contributed by atoms with Gasteiger partial charge in [0.25, 0.3) is 5.69 Å². The first-order chi connectivity index (χ1) is 8.70. The smallest absolute Gasteiger partial charge is 0.296 e. The van der Waals surface area contributed by atoms with Crippen LogP contribution in [0.5, 0.6) is 5.75 Å². The number of aromatic amines is 1. The molecule has 94 valence electrons. The number of hydrogen-bond donors (Lipinski definition) is 1. The Morgan fingerprint density at radius 3 is 2.83 bits per heavy atom. The fraction of sp³-hybridized carbons (Fsp3) is 0.385. The van der Waals surface area contributed by atoms with Gasteiger partial charge in [-0.25, -0.2) is 0 Å². The summed E-state index contributed by atoms with van der Waals surface area (Å²) >= 11 is 0. The van der Waals surface area contributed by atoms with Crippen LogP contribution in [0, 0.1) is 10.1 Å². The Kier molecular flexibility index (Phi) is 2.47. The normalized spacial score (nSPS) is 14.5. The minimum atomic E-state index is -0.354. The quantitative estimate of drug-likeness (QED) is 0.654. The van der Waals surface area contributed by atoms with Crippen LogP contribution < -0.4 is 4.74 Å². The molecule has 1 aliphatic rings. The van der Waals surface area contributed by atoms with Gasteiger partial charge >= 0.3 is 0 Å². The van der Waals surface area contributed by atoms with Crippen molar-refractivity contribution in [1.29, 1.82) is 0 Å². The molecule has 1 aromatic heterocycles. The molecule has 2 aromatic rings. The molecule has 0 bridgehead atoms. The number of methoxy groups -OCH3 is 1. The summed E-state index contributed by atoms with van der Waals surface area (Å²) in [6.45, 7) is 0. The Bertz CT molecular complexity index is 631. The van der Waals surface area contributed by atoms with Crippen LogP contribution in [0.2, 0.25) is 0 Å². The first kappa shape index (κ1) is 11.1. The Hall–Kier alpha value is -2.04. The summed E-state index contributed by atoms with van der Waals surface area (Å²) in [7, 11) is 1.53. The average molecular weight is 246 g/mol. The number of nitro groups is 1. The van der Waals surface area contributed by atoms with Gasteiger partial charge in [0.15, 0.2) is 0 Å². The lowest BCUT2D eigenvalue weighted by atomic mass is 9.95. The van der Waals surface area contributed by atoms with Crippen molar-refractivity contribution in [3.63, 3.8) is 0 Å². The van der Waals surface area contributed by atoms with Crippen molar-refractivity contribution in [2.24, 2.45) is 0 Å². The number of nitro benzene ring substituents is 1. The number of ether oxygens (including phenoxy) is 1. The Labute approximate surface area is 104 Å². The van der Waals surface area contributed by atoms with Gasteiger partial charge < -0.3 is 9.72 Å². The molecule has 0 unspecified atom stereocenters. The van der Waals surface area contributed by atoms with Crippen LogP contribution in [-0.4, -0.2) is 17.0 Å². The van der Waals surface area contributed by atoms with Crippen LogP contribution in [-0.2, 0) is 12.8 Å². The maximum absolute atomic E-state index is 11.1. The third-order valence-electron chi connectivity index (χ3n) is 3.59. The number of aryl methyl sites for hydroxylation is 2.